The number of fused-ring (bicyclic) bond motifs is 3. The molecule has 3 heteroatoms. The van der Waals surface area contributed by atoms with Crippen LogP contribution in [0.15, 0.2) is 72.8 Å². The number of aryl methyl sites for hydroxylation is 2. The molecule has 35 heavy (non-hydrogen) atoms. The Morgan fingerprint density at radius 3 is 1.46 bits per heavy atom. The quantitative estimate of drug-likeness (QED) is 0.372. The highest BCUT2D eigenvalue weighted by Crippen LogP contribution is 2.21. The fourth-order valence-corrected chi connectivity index (χ4v) is 5.11. The second kappa shape index (κ2) is 13.9. The van der Waals surface area contributed by atoms with Gasteiger partial charge in [0, 0.05) is 37.6 Å². The normalized spacial score (nSPS) is 17.3. The predicted octanol–water partition coefficient (Wildman–Crippen LogP) is 6.98. The second-order valence-electron chi connectivity index (χ2n) is 10.0. The zero-order chi connectivity index (χ0) is 24.1. The van der Waals surface area contributed by atoms with E-state index < -0.39 is 0 Å². The Bertz CT molecular complexity index is 950. The molecule has 3 aliphatic rings. The first-order chi connectivity index (χ1) is 17.3. The molecule has 0 aromatic heterocycles. The number of para-hydroxylation sites is 2. The van der Waals surface area contributed by atoms with Crippen molar-refractivity contribution in [1.29, 1.82) is 0 Å². The summed E-state index contributed by atoms with van der Waals surface area (Å²) in [6.45, 7) is 4.68. The summed E-state index contributed by atoms with van der Waals surface area (Å²) in [4.78, 5) is 2.40. The maximum atomic E-state index is 3.47. The number of hydrogen-bond acceptors (Lipinski definition) is 3. The van der Waals surface area contributed by atoms with Crippen LogP contribution >= 0.6 is 0 Å². The highest BCUT2D eigenvalue weighted by Gasteiger charge is 2.09. The number of nitrogens with one attached hydrogen (secondary N) is 2. The van der Waals surface area contributed by atoms with Crippen molar-refractivity contribution in [3.05, 3.63) is 95.1 Å². The number of benzene rings is 3. The van der Waals surface area contributed by atoms with Crippen molar-refractivity contribution in [2.24, 2.45) is 0 Å². The SMILES string of the molecule is CN1CCc2ccccc2CC1.c1ccc2c(c1)CCCCCN2.c1ccc2c(c1)CCCCN2. The van der Waals surface area contributed by atoms with Crippen molar-refractivity contribution in [2.75, 3.05) is 43.9 Å². The maximum absolute atomic E-state index is 3.47. The largest absolute Gasteiger partial charge is 0.385 e. The average molecular weight is 470 g/mol. The van der Waals surface area contributed by atoms with Crippen molar-refractivity contribution in [1.82, 2.24) is 4.90 Å². The molecule has 0 bridgehead atoms. The third kappa shape index (κ3) is 8.14. The molecule has 6 rings (SSSR count). The Morgan fingerprint density at radius 1 is 0.486 bits per heavy atom. The molecular weight excluding hydrogens is 426 g/mol. The summed E-state index contributed by atoms with van der Waals surface area (Å²) in [5.41, 5.74) is 8.73. The van der Waals surface area contributed by atoms with Crippen LogP contribution in [-0.4, -0.2) is 38.1 Å². The zero-order valence-corrected chi connectivity index (χ0v) is 21.6. The number of hydrogen-bond donors (Lipinski definition) is 2. The van der Waals surface area contributed by atoms with Gasteiger partial charge in [-0.15, -0.1) is 0 Å². The molecule has 0 atom stereocenters. The van der Waals surface area contributed by atoms with Gasteiger partial charge >= 0.3 is 0 Å². The monoisotopic (exact) mass is 469 g/mol. The van der Waals surface area contributed by atoms with E-state index in [9.17, 15) is 0 Å². The summed E-state index contributed by atoms with van der Waals surface area (Å²) >= 11 is 0. The Hall–Kier alpha value is -2.78. The van der Waals surface area contributed by atoms with Gasteiger partial charge in [-0.3, -0.25) is 0 Å². The number of nitrogens with zero attached hydrogens (tertiary/aromatic N) is 1. The van der Waals surface area contributed by atoms with Gasteiger partial charge in [-0.25, -0.2) is 0 Å². The molecule has 3 heterocycles. The summed E-state index contributed by atoms with van der Waals surface area (Å²) in [5.74, 6) is 0. The van der Waals surface area contributed by atoms with E-state index in [2.05, 4.69) is 95.4 Å². The summed E-state index contributed by atoms with van der Waals surface area (Å²) in [6, 6.07) is 26.0. The van der Waals surface area contributed by atoms with Crippen LogP contribution in [0.3, 0.4) is 0 Å². The highest BCUT2D eigenvalue weighted by atomic mass is 15.1. The van der Waals surface area contributed by atoms with E-state index in [1.807, 2.05) is 0 Å². The lowest BCUT2D eigenvalue weighted by atomic mass is 10.0. The van der Waals surface area contributed by atoms with Gasteiger partial charge in [-0.2, -0.15) is 0 Å². The molecule has 3 aliphatic heterocycles. The van der Waals surface area contributed by atoms with Crippen molar-refractivity contribution in [3.63, 3.8) is 0 Å². The molecular formula is C32H43N3. The second-order valence-corrected chi connectivity index (χ2v) is 10.0. The Labute approximate surface area is 213 Å². The molecule has 0 aliphatic carbocycles. The van der Waals surface area contributed by atoms with Crippen molar-refractivity contribution < 1.29 is 0 Å². The lowest BCUT2D eigenvalue weighted by Crippen LogP contribution is -2.20. The van der Waals surface area contributed by atoms with E-state index in [4.69, 9.17) is 0 Å². The smallest absolute Gasteiger partial charge is 0.0372 e. The van der Waals surface area contributed by atoms with Gasteiger partial charge in [0.15, 0.2) is 0 Å². The topological polar surface area (TPSA) is 27.3 Å². The minimum Gasteiger partial charge on any atom is -0.385 e. The summed E-state index contributed by atoms with van der Waals surface area (Å²) in [7, 11) is 2.20. The van der Waals surface area contributed by atoms with Gasteiger partial charge in [-0.05, 0) is 92.8 Å². The first kappa shape index (κ1) is 25.3. The first-order valence-electron chi connectivity index (χ1n) is 13.7. The van der Waals surface area contributed by atoms with Gasteiger partial charge < -0.3 is 15.5 Å². The molecule has 2 N–H and O–H groups in total. The fourth-order valence-electron chi connectivity index (χ4n) is 5.11. The minimum absolute atomic E-state index is 1.14. The average Bonchev–Trinajstić information content (AvgIpc) is 3.24. The lowest BCUT2D eigenvalue weighted by Gasteiger charge is -2.14. The molecule has 0 saturated carbocycles. The third-order valence-corrected chi connectivity index (χ3v) is 7.31. The Balaban J connectivity index is 0.000000124. The number of rotatable bonds is 0. The van der Waals surface area contributed by atoms with Crippen molar-refractivity contribution >= 4 is 11.4 Å². The van der Waals surface area contributed by atoms with Crippen LogP contribution in [0.2, 0.25) is 0 Å². The lowest BCUT2D eigenvalue weighted by molar-refractivity contribution is 0.352. The standard InChI is InChI=1S/2C11H15N.C10H13N/c1-12-8-6-10-4-2-3-5-11(10)7-9-12;1-2-6-10-7-3-4-8-11(10)12-9-5-1;1-2-7-10-9(5-1)6-3-4-8-11-10/h2-5H,6-9H2,1H3;3-4,7-8,12H,1-2,5-6,9H2;1-2,5,7,11H,3-4,6,8H2. The molecule has 0 saturated heterocycles. The number of anilines is 2. The van der Waals surface area contributed by atoms with Crippen molar-refractivity contribution in [2.45, 2.75) is 57.8 Å². The predicted molar refractivity (Wildman–Crippen MR) is 152 cm³/mol. The van der Waals surface area contributed by atoms with Gasteiger partial charge in [0.1, 0.15) is 0 Å². The first-order valence-corrected chi connectivity index (χ1v) is 13.7. The minimum atomic E-state index is 1.14. The van der Waals surface area contributed by atoms with Crippen LogP contribution in [0.5, 0.6) is 0 Å². The van der Waals surface area contributed by atoms with Gasteiger partial charge in [-0.1, -0.05) is 67.1 Å². The molecule has 0 fully saturated rings. The fraction of sp³-hybridized carbons (Fsp3) is 0.438. The van der Waals surface area contributed by atoms with Gasteiger partial charge in [0.2, 0.25) is 0 Å². The van der Waals surface area contributed by atoms with Crippen LogP contribution in [0.4, 0.5) is 11.4 Å². The van der Waals surface area contributed by atoms with Crippen LogP contribution in [0.1, 0.15) is 54.4 Å². The Morgan fingerprint density at radius 2 is 0.914 bits per heavy atom. The van der Waals surface area contributed by atoms with E-state index in [-0.39, 0.29) is 0 Å². The molecule has 0 amide bonds. The summed E-state index contributed by atoms with van der Waals surface area (Å²) in [5, 5.41) is 6.89. The van der Waals surface area contributed by atoms with E-state index in [1.165, 1.54) is 93.4 Å². The molecule has 3 aromatic carbocycles. The van der Waals surface area contributed by atoms with E-state index in [0.29, 0.717) is 0 Å². The molecule has 0 spiro atoms. The summed E-state index contributed by atoms with van der Waals surface area (Å²) in [6.07, 6.45) is 11.6. The Kier molecular flexibility index (Phi) is 10.1. The molecule has 3 aromatic rings. The van der Waals surface area contributed by atoms with Gasteiger partial charge in [0.05, 0.1) is 0 Å². The number of likely N-dealkylation sites (N-methyl/N-ethyl adjacent to an activating group) is 1. The van der Waals surface area contributed by atoms with Crippen LogP contribution in [0, 0.1) is 0 Å². The van der Waals surface area contributed by atoms with E-state index in [0.717, 1.165) is 13.1 Å². The van der Waals surface area contributed by atoms with Crippen LogP contribution in [0.25, 0.3) is 0 Å². The van der Waals surface area contributed by atoms with Crippen LogP contribution < -0.4 is 10.6 Å². The molecule has 3 nitrogen and oxygen atoms in total. The van der Waals surface area contributed by atoms with Crippen LogP contribution in [-0.2, 0) is 25.7 Å². The summed E-state index contributed by atoms with van der Waals surface area (Å²) < 4.78 is 0. The molecule has 186 valence electrons. The van der Waals surface area contributed by atoms with Crippen molar-refractivity contribution in [3.8, 4) is 0 Å². The third-order valence-electron chi connectivity index (χ3n) is 7.31. The molecule has 0 radical (unpaired) electrons. The van der Waals surface area contributed by atoms with E-state index >= 15 is 0 Å². The highest BCUT2D eigenvalue weighted by molar-refractivity contribution is 5.52. The van der Waals surface area contributed by atoms with Gasteiger partial charge in [0.25, 0.3) is 0 Å². The maximum Gasteiger partial charge on any atom is 0.0372 e. The zero-order valence-electron chi connectivity index (χ0n) is 21.6. The molecule has 0 unspecified atom stereocenters. The van der Waals surface area contributed by atoms with E-state index in [1.54, 1.807) is 11.1 Å².